The lowest BCUT2D eigenvalue weighted by Crippen LogP contribution is -2.52. The van der Waals surface area contributed by atoms with Crippen molar-refractivity contribution in [3.63, 3.8) is 0 Å². The summed E-state index contributed by atoms with van der Waals surface area (Å²) in [6, 6.07) is 8.96. The fourth-order valence-corrected chi connectivity index (χ4v) is 2.38. The minimum absolute atomic E-state index is 0.0303. The van der Waals surface area contributed by atoms with Gasteiger partial charge in [-0.15, -0.1) is 0 Å². The molecule has 1 aromatic rings. The maximum absolute atomic E-state index is 12.6. The number of carbonyl (C=O) groups excluding carboxylic acids is 1. The number of nitrogens with zero attached hydrogens (tertiary/aromatic N) is 3. The van der Waals surface area contributed by atoms with E-state index in [0.29, 0.717) is 30.9 Å². The van der Waals surface area contributed by atoms with Gasteiger partial charge >= 0.3 is 0 Å². The summed E-state index contributed by atoms with van der Waals surface area (Å²) < 4.78 is 5.47. The molecule has 1 atom stereocenters. The molecule has 1 amide bonds. The van der Waals surface area contributed by atoms with E-state index in [1.807, 2.05) is 23.9 Å². The highest BCUT2D eigenvalue weighted by Crippen LogP contribution is 2.14. The van der Waals surface area contributed by atoms with Gasteiger partial charge in [0.15, 0.2) is 0 Å². The van der Waals surface area contributed by atoms with Crippen molar-refractivity contribution in [3.05, 3.63) is 35.4 Å². The van der Waals surface area contributed by atoms with Crippen LogP contribution in [0.1, 0.15) is 15.9 Å². The molecule has 0 aliphatic carbocycles. The zero-order chi connectivity index (χ0) is 14.5. The molecule has 1 aliphatic heterocycles. The van der Waals surface area contributed by atoms with E-state index >= 15 is 0 Å². The summed E-state index contributed by atoms with van der Waals surface area (Å²) in [6.07, 6.45) is 0. The number of ether oxygens (including phenoxy) is 1. The molecule has 20 heavy (non-hydrogen) atoms. The zero-order valence-electron chi connectivity index (χ0n) is 11.9. The molecule has 5 nitrogen and oxygen atoms in total. The first kappa shape index (κ1) is 14.5. The first-order chi connectivity index (χ1) is 9.61. The smallest absolute Gasteiger partial charge is 0.254 e. The number of hydrogen-bond donors (Lipinski definition) is 0. The first-order valence-electron chi connectivity index (χ1n) is 6.65. The molecule has 0 radical (unpaired) electrons. The van der Waals surface area contributed by atoms with E-state index in [1.165, 1.54) is 0 Å². The van der Waals surface area contributed by atoms with E-state index in [4.69, 9.17) is 10.00 Å². The monoisotopic (exact) mass is 273 g/mol. The van der Waals surface area contributed by atoms with E-state index in [9.17, 15) is 4.79 Å². The third kappa shape index (κ3) is 3.35. The van der Waals surface area contributed by atoms with E-state index in [0.717, 1.165) is 6.54 Å². The SMILES string of the molecule is CN(C)CC1COCCN1C(=O)c1cccc(C#N)c1. The molecule has 0 N–H and O–H groups in total. The van der Waals surface area contributed by atoms with Crippen LogP contribution in [0.4, 0.5) is 0 Å². The third-order valence-electron chi connectivity index (χ3n) is 3.30. The minimum Gasteiger partial charge on any atom is -0.377 e. The molecule has 1 heterocycles. The highest BCUT2D eigenvalue weighted by atomic mass is 16.5. The second-order valence-electron chi connectivity index (χ2n) is 5.18. The molecule has 1 saturated heterocycles. The predicted octanol–water partition coefficient (Wildman–Crippen LogP) is 0.961. The highest BCUT2D eigenvalue weighted by Gasteiger charge is 2.28. The molecule has 0 saturated carbocycles. The Balaban J connectivity index is 2.18. The minimum atomic E-state index is -0.0303. The summed E-state index contributed by atoms with van der Waals surface area (Å²) in [5.74, 6) is -0.0303. The summed E-state index contributed by atoms with van der Waals surface area (Å²) in [5, 5.41) is 8.92. The normalized spacial score (nSPS) is 18.9. The molecular weight excluding hydrogens is 254 g/mol. The lowest BCUT2D eigenvalue weighted by atomic mass is 10.1. The van der Waals surface area contributed by atoms with E-state index in [1.54, 1.807) is 24.3 Å². The van der Waals surface area contributed by atoms with Crippen LogP contribution in [0.15, 0.2) is 24.3 Å². The molecule has 0 aromatic heterocycles. The fraction of sp³-hybridized carbons (Fsp3) is 0.467. The molecule has 0 spiro atoms. The van der Waals surface area contributed by atoms with Crippen molar-refractivity contribution in [2.24, 2.45) is 0 Å². The van der Waals surface area contributed by atoms with Crippen LogP contribution in [0.3, 0.4) is 0 Å². The van der Waals surface area contributed by atoms with Gasteiger partial charge in [-0.1, -0.05) is 6.07 Å². The summed E-state index contributed by atoms with van der Waals surface area (Å²) in [6.45, 7) is 2.48. The number of nitriles is 1. The standard InChI is InChI=1S/C15H19N3O2/c1-17(2)10-14-11-20-7-6-18(14)15(19)13-5-3-4-12(8-13)9-16/h3-5,8,14H,6-7,10-11H2,1-2H3. The van der Waals surface area contributed by atoms with E-state index in [2.05, 4.69) is 6.07 Å². The Morgan fingerprint density at radius 2 is 2.35 bits per heavy atom. The fourth-order valence-electron chi connectivity index (χ4n) is 2.38. The van der Waals surface area contributed by atoms with Crippen LogP contribution in [0, 0.1) is 11.3 Å². The van der Waals surface area contributed by atoms with Gasteiger partial charge < -0.3 is 14.5 Å². The number of hydrogen-bond acceptors (Lipinski definition) is 4. The summed E-state index contributed by atoms with van der Waals surface area (Å²) in [4.78, 5) is 16.5. The van der Waals surface area contributed by atoms with Crippen molar-refractivity contribution in [2.75, 3.05) is 40.4 Å². The molecule has 1 aliphatic rings. The predicted molar refractivity (Wildman–Crippen MR) is 75.4 cm³/mol. The van der Waals surface area contributed by atoms with Crippen molar-refractivity contribution < 1.29 is 9.53 Å². The molecule has 106 valence electrons. The maximum atomic E-state index is 12.6. The Morgan fingerprint density at radius 3 is 3.05 bits per heavy atom. The number of amides is 1. The van der Waals surface area contributed by atoms with Gasteiger partial charge in [-0.3, -0.25) is 4.79 Å². The Morgan fingerprint density at radius 1 is 1.55 bits per heavy atom. The van der Waals surface area contributed by atoms with Gasteiger partial charge in [0.05, 0.1) is 30.9 Å². The van der Waals surface area contributed by atoms with Crippen LogP contribution in [0.5, 0.6) is 0 Å². The van der Waals surface area contributed by atoms with Gasteiger partial charge in [0.25, 0.3) is 5.91 Å². The third-order valence-corrected chi connectivity index (χ3v) is 3.30. The largest absolute Gasteiger partial charge is 0.377 e. The van der Waals surface area contributed by atoms with Crippen LogP contribution >= 0.6 is 0 Å². The molecular formula is C15H19N3O2. The Hall–Kier alpha value is -1.90. The van der Waals surface area contributed by atoms with Crippen LogP contribution in [-0.4, -0.2) is 62.1 Å². The summed E-state index contributed by atoms with van der Waals surface area (Å²) in [5.41, 5.74) is 1.07. The van der Waals surface area contributed by atoms with Crippen molar-refractivity contribution in [2.45, 2.75) is 6.04 Å². The number of morpholine rings is 1. The molecule has 1 fully saturated rings. The number of rotatable bonds is 3. The lowest BCUT2D eigenvalue weighted by Gasteiger charge is -2.37. The number of carbonyl (C=O) groups is 1. The van der Waals surface area contributed by atoms with Gasteiger partial charge in [-0.2, -0.15) is 5.26 Å². The van der Waals surface area contributed by atoms with Gasteiger partial charge in [-0.05, 0) is 32.3 Å². The summed E-state index contributed by atoms with van der Waals surface area (Å²) >= 11 is 0. The lowest BCUT2D eigenvalue weighted by molar-refractivity contribution is -0.00830. The van der Waals surface area contributed by atoms with Crippen LogP contribution in [-0.2, 0) is 4.74 Å². The highest BCUT2D eigenvalue weighted by molar-refractivity contribution is 5.94. The molecule has 1 unspecified atom stereocenters. The Labute approximate surface area is 119 Å². The van der Waals surface area contributed by atoms with Crippen molar-refractivity contribution in [1.29, 1.82) is 5.26 Å². The van der Waals surface area contributed by atoms with E-state index < -0.39 is 0 Å². The van der Waals surface area contributed by atoms with Crippen molar-refractivity contribution in [3.8, 4) is 6.07 Å². The van der Waals surface area contributed by atoms with Crippen LogP contribution in [0.25, 0.3) is 0 Å². The average Bonchev–Trinajstić information content (AvgIpc) is 2.46. The number of benzene rings is 1. The summed E-state index contributed by atoms with van der Waals surface area (Å²) in [7, 11) is 3.96. The van der Waals surface area contributed by atoms with Gasteiger partial charge in [0, 0.05) is 18.7 Å². The second kappa shape index (κ2) is 6.51. The van der Waals surface area contributed by atoms with Crippen LogP contribution < -0.4 is 0 Å². The second-order valence-corrected chi connectivity index (χ2v) is 5.18. The van der Waals surface area contributed by atoms with E-state index in [-0.39, 0.29) is 11.9 Å². The molecule has 5 heteroatoms. The maximum Gasteiger partial charge on any atom is 0.254 e. The topological polar surface area (TPSA) is 56.6 Å². The zero-order valence-corrected chi connectivity index (χ0v) is 11.9. The van der Waals surface area contributed by atoms with Gasteiger partial charge in [0.2, 0.25) is 0 Å². The van der Waals surface area contributed by atoms with Gasteiger partial charge in [0.1, 0.15) is 0 Å². The number of likely N-dealkylation sites (N-methyl/N-ethyl adjacent to an activating group) is 1. The average molecular weight is 273 g/mol. The molecule has 1 aromatic carbocycles. The molecule has 2 rings (SSSR count). The Bertz CT molecular complexity index is 522. The van der Waals surface area contributed by atoms with Crippen LogP contribution in [0.2, 0.25) is 0 Å². The van der Waals surface area contributed by atoms with Crippen molar-refractivity contribution >= 4 is 5.91 Å². The first-order valence-corrected chi connectivity index (χ1v) is 6.65. The quantitative estimate of drug-likeness (QED) is 0.823. The van der Waals surface area contributed by atoms with Gasteiger partial charge in [-0.25, -0.2) is 0 Å². The van der Waals surface area contributed by atoms with Crippen molar-refractivity contribution in [1.82, 2.24) is 9.80 Å². The molecule has 0 bridgehead atoms. The Kier molecular flexibility index (Phi) is 4.72.